The fourth-order valence-electron chi connectivity index (χ4n) is 1.77. The Bertz CT molecular complexity index is 101. The van der Waals surface area contributed by atoms with Crippen LogP contribution >= 0.6 is 0 Å². The van der Waals surface area contributed by atoms with Gasteiger partial charge in [0.1, 0.15) is 0 Å². The van der Waals surface area contributed by atoms with Gasteiger partial charge in [0.25, 0.3) is 0 Å². The van der Waals surface area contributed by atoms with E-state index in [0.29, 0.717) is 11.5 Å². The van der Waals surface area contributed by atoms with E-state index in [4.69, 9.17) is 5.73 Å². The van der Waals surface area contributed by atoms with Crippen molar-refractivity contribution < 1.29 is 0 Å². The first-order valence-corrected chi connectivity index (χ1v) is 3.88. The minimum atomic E-state index is 0.484. The minimum Gasteiger partial charge on any atom is -0.327 e. The molecule has 3 unspecified atom stereocenters. The van der Waals surface area contributed by atoms with Crippen LogP contribution in [-0.2, 0) is 0 Å². The summed E-state index contributed by atoms with van der Waals surface area (Å²) < 4.78 is 0. The van der Waals surface area contributed by atoms with Crippen molar-refractivity contribution in [2.24, 2.45) is 17.1 Å². The van der Waals surface area contributed by atoms with Crippen LogP contribution in [0.25, 0.3) is 0 Å². The molecule has 0 aromatic rings. The summed E-state index contributed by atoms with van der Waals surface area (Å²) in [5, 5.41) is 0. The van der Waals surface area contributed by atoms with E-state index >= 15 is 0 Å². The molecule has 1 nitrogen and oxygen atoms in total. The van der Waals surface area contributed by atoms with Crippen LogP contribution in [0.2, 0.25) is 0 Å². The van der Waals surface area contributed by atoms with Crippen LogP contribution in [0.4, 0.5) is 0 Å². The third kappa shape index (κ3) is 0.877. The molecule has 9 heavy (non-hydrogen) atoms. The molecule has 1 saturated carbocycles. The second-order valence-corrected chi connectivity index (χ2v) is 3.57. The Hall–Kier alpha value is -0.0400. The molecule has 0 aromatic carbocycles. The second kappa shape index (κ2) is 1.98. The highest BCUT2D eigenvalue weighted by atomic mass is 14.8. The van der Waals surface area contributed by atoms with Gasteiger partial charge < -0.3 is 5.73 Å². The third-order valence-corrected chi connectivity index (χ3v) is 3.02. The predicted molar refractivity (Wildman–Crippen MR) is 40.2 cm³/mol. The molecule has 0 amide bonds. The summed E-state index contributed by atoms with van der Waals surface area (Å²) in [5.41, 5.74) is 6.33. The van der Waals surface area contributed by atoms with Crippen molar-refractivity contribution >= 4 is 0 Å². The van der Waals surface area contributed by atoms with Crippen molar-refractivity contribution in [1.82, 2.24) is 0 Å². The third-order valence-electron chi connectivity index (χ3n) is 3.02. The van der Waals surface area contributed by atoms with Crippen LogP contribution in [0.3, 0.4) is 0 Å². The average Bonchev–Trinajstić information content (AvgIpc) is 2.22. The van der Waals surface area contributed by atoms with Crippen molar-refractivity contribution in [3.63, 3.8) is 0 Å². The number of hydrogen-bond donors (Lipinski definition) is 1. The zero-order valence-electron chi connectivity index (χ0n) is 6.65. The van der Waals surface area contributed by atoms with Crippen LogP contribution in [0.5, 0.6) is 0 Å². The summed E-state index contributed by atoms with van der Waals surface area (Å²) in [4.78, 5) is 0. The molecule has 0 spiro atoms. The lowest BCUT2D eigenvalue weighted by molar-refractivity contribution is 0.458. The molecule has 54 valence electrons. The molecule has 0 aromatic heterocycles. The predicted octanol–water partition coefficient (Wildman–Crippen LogP) is 1.77. The zero-order valence-corrected chi connectivity index (χ0v) is 6.65. The van der Waals surface area contributed by atoms with E-state index in [0.717, 1.165) is 5.92 Å². The van der Waals surface area contributed by atoms with Crippen molar-refractivity contribution in [2.75, 3.05) is 0 Å². The number of rotatable bonds is 2. The van der Waals surface area contributed by atoms with Gasteiger partial charge in [-0.1, -0.05) is 27.2 Å². The van der Waals surface area contributed by atoms with Crippen LogP contribution in [0, 0.1) is 11.3 Å². The van der Waals surface area contributed by atoms with E-state index < -0.39 is 0 Å². The minimum absolute atomic E-state index is 0.484. The maximum Gasteiger partial charge on any atom is 0.0128 e. The summed E-state index contributed by atoms with van der Waals surface area (Å²) in [6.07, 6.45) is 2.57. The molecule has 1 fully saturated rings. The maximum atomic E-state index is 5.83. The van der Waals surface area contributed by atoms with Crippen LogP contribution in [-0.4, -0.2) is 6.04 Å². The van der Waals surface area contributed by atoms with Crippen LogP contribution < -0.4 is 5.73 Å². The maximum absolute atomic E-state index is 5.83. The standard InChI is InChI=1S/C8H17N/c1-4-5-8(3)6(2)7(8)9/h6-7H,4-5,9H2,1-3H3. The molecule has 0 saturated heterocycles. The zero-order chi connectivity index (χ0) is 7.07. The molecule has 0 bridgehead atoms. The van der Waals surface area contributed by atoms with E-state index in [9.17, 15) is 0 Å². The van der Waals surface area contributed by atoms with Gasteiger partial charge in [-0.2, -0.15) is 0 Å². The summed E-state index contributed by atoms with van der Waals surface area (Å²) in [5.74, 6) is 0.762. The van der Waals surface area contributed by atoms with E-state index in [1.807, 2.05) is 0 Å². The summed E-state index contributed by atoms with van der Waals surface area (Å²) in [6.45, 7) is 6.77. The normalized spacial score (nSPS) is 49.3. The number of nitrogens with two attached hydrogens (primary N) is 1. The van der Waals surface area contributed by atoms with Gasteiger partial charge in [0.2, 0.25) is 0 Å². The highest BCUT2D eigenvalue weighted by Crippen LogP contribution is 2.53. The Morgan fingerprint density at radius 3 is 2.11 bits per heavy atom. The quantitative estimate of drug-likeness (QED) is 0.601. The van der Waals surface area contributed by atoms with Gasteiger partial charge in [-0.15, -0.1) is 0 Å². The van der Waals surface area contributed by atoms with Gasteiger partial charge in [-0.05, 0) is 17.8 Å². The molecule has 3 atom stereocenters. The average molecular weight is 127 g/mol. The molecule has 1 heteroatoms. The Labute approximate surface area is 57.6 Å². The smallest absolute Gasteiger partial charge is 0.0128 e. The number of hydrogen-bond acceptors (Lipinski definition) is 1. The highest BCUT2D eigenvalue weighted by Gasteiger charge is 2.54. The summed E-state index contributed by atoms with van der Waals surface area (Å²) >= 11 is 0. The molecule has 0 radical (unpaired) electrons. The Kier molecular flexibility index (Phi) is 1.55. The van der Waals surface area contributed by atoms with Gasteiger partial charge in [-0.25, -0.2) is 0 Å². The largest absolute Gasteiger partial charge is 0.327 e. The van der Waals surface area contributed by atoms with Crippen molar-refractivity contribution in [2.45, 2.75) is 39.7 Å². The fraction of sp³-hybridized carbons (Fsp3) is 1.00. The van der Waals surface area contributed by atoms with E-state index in [1.165, 1.54) is 12.8 Å². The van der Waals surface area contributed by atoms with Crippen molar-refractivity contribution in [1.29, 1.82) is 0 Å². The molecule has 1 aliphatic carbocycles. The van der Waals surface area contributed by atoms with Crippen LogP contribution in [0.15, 0.2) is 0 Å². The Balaban J connectivity index is 2.40. The summed E-state index contributed by atoms with van der Waals surface area (Å²) in [6, 6.07) is 0.484. The summed E-state index contributed by atoms with van der Waals surface area (Å²) in [7, 11) is 0. The monoisotopic (exact) mass is 127 g/mol. The molecular weight excluding hydrogens is 110 g/mol. The first kappa shape index (κ1) is 7.07. The van der Waals surface area contributed by atoms with Gasteiger partial charge in [0.05, 0.1) is 0 Å². The van der Waals surface area contributed by atoms with Crippen molar-refractivity contribution in [3.8, 4) is 0 Å². The molecule has 0 heterocycles. The first-order chi connectivity index (χ1) is 4.13. The van der Waals surface area contributed by atoms with E-state index in [2.05, 4.69) is 20.8 Å². The van der Waals surface area contributed by atoms with Gasteiger partial charge in [0, 0.05) is 6.04 Å². The molecule has 1 rings (SSSR count). The van der Waals surface area contributed by atoms with Gasteiger partial charge in [-0.3, -0.25) is 0 Å². The van der Waals surface area contributed by atoms with Crippen molar-refractivity contribution in [3.05, 3.63) is 0 Å². The Morgan fingerprint density at radius 1 is 1.56 bits per heavy atom. The molecule has 1 aliphatic rings. The first-order valence-electron chi connectivity index (χ1n) is 3.88. The SMILES string of the molecule is CCCC1(C)C(C)C1N. The molecule has 2 N–H and O–H groups in total. The molecular formula is C8H17N. The fourth-order valence-corrected chi connectivity index (χ4v) is 1.77. The lowest BCUT2D eigenvalue weighted by Gasteiger charge is -2.05. The lowest BCUT2D eigenvalue weighted by atomic mass is 10.0. The molecule has 0 aliphatic heterocycles. The topological polar surface area (TPSA) is 26.0 Å². The van der Waals surface area contributed by atoms with Gasteiger partial charge >= 0.3 is 0 Å². The van der Waals surface area contributed by atoms with E-state index in [-0.39, 0.29) is 0 Å². The lowest BCUT2D eigenvalue weighted by Crippen LogP contribution is -2.09. The second-order valence-electron chi connectivity index (χ2n) is 3.57. The Morgan fingerprint density at radius 2 is 2.00 bits per heavy atom. The highest BCUT2D eigenvalue weighted by molar-refractivity contribution is 5.08. The van der Waals surface area contributed by atoms with Crippen LogP contribution in [0.1, 0.15) is 33.6 Å². The van der Waals surface area contributed by atoms with E-state index in [1.54, 1.807) is 0 Å². The van der Waals surface area contributed by atoms with Gasteiger partial charge in [0.15, 0.2) is 0 Å².